The number of aryl methyl sites for hydroxylation is 1. The van der Waals surface area contributed by atoms with Crippen LogP contribution in [0.2, 0.25) is 0 Å². The number of anilines is 1. The van der Waals surface area contributed by atoms with E-state index in [2.05, 4.69) is 17.3 Å². The van der Waals surface area contributed by atoms with Gasteiger partial charge in [0, 0.05) is 19.0 Å². The number of carbonyl (C=O) groups excluding carboxylic acids is 1. The van der Waals surface area contributed by atoms with Crippen molar-refractivity contribution in [1.82, 2.24) is 9.78 Å². The van der Waals surface area contributed by atoms with Crippen LogP contribution in [0.15, 0.2) is 36.5 Å². The van der Waals surface area contributed by atoms with Crippen LogP contribution in [0.25, 0.3) is 0 Å². The molecule has 2 aromatic rings. The summed E-state index contributed by atoms with van der Waals surface area (Å²) in [6.07, 6.45) is 2.76. The summed E-state index contributed by atoms with van der Waals surface area (Å²) in [7, 11) is 1.64. The third-order valence-electron chi connectivity index (χ3n) is 3.02. The Morgan fingerprint density at radius 2 is 2.05 bits per heavy atom. The Morgan fingerprint density at radius 3 is 2.70 bits per heavy atom. The summed E-state index contributed by atoms with van der Waals surface area (Å²) >= 11 is 0. The second kappa shape index (κ2) is 6.86. The number of carbonyl (C=O) groups is 1. The van der Waals surface area contributed by atoms with Crippen LogP contribution >= 0.6 is 0 Å². The molecule has 1 N–H and O–H groups in total. The Balaban J connectivity index is 1.98. The van der Waals surface area contributed by atoms with Gasteiger partial charge in [0.05, 0.1) is 13.2 Å². The minimum Gasteiger partial charge on any atom is -0.383 e. The van der Waals surface area contributed by atoms with E-state index in [9.17, 15) is 4.79 Å². The molecular formula is C15H19N3O2. The first-order valence-electron chi connectivity index (χ1n) is 6.65. The lowest BCUT2D eigenvalue weighted by Gasteiger charge is -2.04. The van der Waals surface area contributed by atoms with Gasteiger partial charge in [0.2, 0.25) is 0 Å². The Hall–Kier alpha value is -2.14. The average Bonchev–Trinajstić information content (AvgIpc) is 2.95. The number of hydrogen-bond donors (Lipinski definition) is 1. The van der Waals surface area contributed by atoms with Crippen molar-refractivity contribution in [2.45, 2.75) is 19.9 Å². The van der Waals surface area contributed by atoms with E-state index in [4.69, 9.17) is 4.74 Å². The number of ether oxygens (including phenoxy) is 1. The lowest BCUT2D eigenvalue weighted by molar-refractivity contribution is 0.102. The van der Waals surface area contributed by atoms with Gasteiger partial charge < -0.3 is 10.1 Å². The average molecular weight is 273 g/mol. The number of methoxy groups -OCH3 is 1. The molecule has 2 rings (SSSR count). The normalized spacial score (nSPS) is 10.5. The highest BCUT2D eigenvalue weighted by molar-refractivity contribution is 6.02. The summed E-state index contributed by atoms with van der Waals surface area (Å²) < 4.78 is 6.66. The molecule has 0 bridgehead atoms. The molecule has 0 aliphatic rings. The van der Waals surface area contributed by atoms with E-state index in [0.29, 0.717) is 18.8 Å². The molecule has 1 amide bonds. The number of hydrogen-bond acceptors (Lipinski definition) is 3. The Morgan fingerprint density at radius 1 is 1.30 bits per heavy atom. The van der Waals surface area contributed by atoms with E-state index in [1.807, 2.05) is 24.3 Å². The van der Waals surface area contributed by atoms with Crippen LogP contribution < -0.4 is 5.32 Å². The molecular weight excluding hydrogens is 254 g/mol. The molecule has 20 heavy (non-hydrogen) atoms. The highest BCUT2D eigenvalue weighted by atomic mass is 16.5. The van der Waals surface area contributed by atoms with Crippen LogP contribution in [-0.2, 0) is 17.7 Å². The molecule has 5 nitrogen and oxygen atoms in total. The number of rotatable bonds is 6. The maximum atomic E-state index is 12.0. The second-order valence-corrected chi connectivity index (χ2v) is 4.46. The van der Waals surface area contributed by atoms with Gasteiger partial charge >= 0.3 is 0 Å². The quantitative estimate of drug-likeness (QED) is 0.879. The zero-order chi connectivity index (χ0) is 14.4. The predicted octanol–water partition coefficient (Wildman–Crippen LogP) is 2.34. The van der Waals surface area contributed by atoms with Gasteiger partial charge in [-0.05, 0) is 30.2 Å². The molecule has 0 atom stereocenters. The Labute approximate surface area is 118 Å². The van der Waals surface area contributed by atoms with E-state index < -0.39 is 0 Å². The second-order valence-electron chi connectivity index (χ2n) is 4.46. The van der Waals surface area contributed by atoms with Crippen LogP contribution in [-0.4, -0.2) is 29.4 Å². The molecule has 0 aliphatic carbocycles. The van der Waals surface area contributed by atoms with Gasteiger partial charge in [0.1, 0.15) is 0 Å². The van der Waals surface area contributed by atoms with E-state index in [1.54, 1.807) is 24.1 Å². The molecule has 0 unspecified atom stereocenters. The van der Waals surface area contributed by atoms with Gasteiger partial charge in [-0.25, -0.2) is 0 Å². The maximum Gasteiger partial charge on any atom is 0.276 e. The smallest absolute Gasteiger partial charge is 0.276 e. The van der Waals surface area contributed by atoms with Crippen molar-refractivity contribution in [3.05, 3.63) is 47.8 Å². The maximum absolute atomic E-state index is 12.0. The minimum absolute atomic E-state index is 0.203. The number of aromatic nitrogens is 2. The molecule has 1 aromatic carbocycles. The zero-order valence-electron chi connectivity index (χ0n) is 11.8. The summed E-state index contributed by atoms with van der Waals surface area (Å²) in [5.41, 5.74) is 2.42. The van der Waals surface area contributed by atoms with E-state index in [1.165, 1.54) is 5.56 Å². The molecule has 0 radical (unpaired) electrons. The van der Waals surface area contributed by atoms with Gasteiger partial charge in [0.25, 0.3) is 5.91 Å². The summed E-state index contributed by atoms with van der Waals surface area (Å²) in [5, 5.41) is 7.04. The van der Waals surface area contributed by atoms with Gasteiger partial charge in [0.15, 0.2) is 5.69 Å². The standard InChI is InChI=1S/C15H19N3O2/c1-3-12-4-6-13(7-5-12)16-15(19)14-8-9-18(17-14)10-11-20-2/h4-9H,3,10-11H2,1-2H3,(H,16,19). The van der Waals surface area contributed by atoms with E-state index >= 15 is 0 Å². The van der Waals surface area contributed by atoms with Crippen molar-refractivity contribution in [3.8, 4) is 0 Å². The van der Waals surface area contributed by atoms with Crippen molar-refractivity contribution in [1.29, 1.82) is 0 Å². The summed E-state index contributed by atoms with van der Waals surface area (Å²) in [6, 6.07) is 9.52. The lowest BCUT2D eigenvalue weighted by atomic mass is 10.1. The van der Waals surface area contributed by atoms with Crippen molar-refractivity contribution < 1.29 is 9.53 Å². The minimum atomic E-state index is -0.203. The molecule has 106 valence electrons. The highest BCUT2D eigenvalue weighted by Gasteiger charge is 2.09. The number of benzene rings is 1. The summed E-state index contributed by atoms with van der Waals surface area (Å²) in [4.78, 5) is 12.0. The monoisotopic (exact) mass is 273 g/mol. The fourth-order valence-corrected chi connectivity index (χ4v) is 1.81. The van der Waals surface area contributed by atoms with Crippen LogP contribution in [0.4, 0.5) is 5.69 Å². The highest BCUT2D eigenvalue weighted by Crippen LogP contribution is 2.11. The topological polar surface area (TPSA) is 56.2 Å². The van der Waals surface area contributed by atoms with Crippen LogP contribution in [0, 0.1) is 0 Å². The van der Waals surface area contributed by atoms with Gasteiger partial charge in [-0.1, -0.05) is 19.1 Å². The molecule has 0 aliphatic heterocycles. The fourth-order valence-electron chi connectivity index (χ4n) is 1.81. The predicted molar refractivity (Wildman–Crippen MR) is 77.9 cm³/mol. The van der Waals surface area contributed by atoms with Crippen LogP contribution in [0.3, 0.4) is 0 Å². The number of nitrogens with zero attached hydrogens (tertiary/aromatic N) is 2. The van der Waals surface area contributed by atoms with Crippen molar-refractivity contribution >= 4 is 11.6 Å². The largest absolute Gasteiger partial charge is 0.383 e. The SMILES string of the molecule is CCc1ccc(NC(=O)c2ccn(CCOC)n2)cc1. The molecule has 0 saturated carbocycles. The number of amides is 1. The van der Waals surface area contributed by atoms with Crippen LogP contribution in [0.5, 0.6) is 0 Å². The molecule has 5 heteroatoms. The third-order valence-corrected chi connectivity index (χ3v) is 3.02. The van der Waals surface area contributed by atoms with Crippen molar-refractivity contribution in [2.75, 3.05) is 19.0 Å². The summed E-state index contributed by atoms with van der Waals surface area (Å²) in [5.74, 6) is -0.203. The first-order valence-corrected chi connectivity index (χ1v) is 6.65. The van der Waals surface area contributed by atoms with Crippen LogP contribution in [0.1, 0.15) is 23.0 Å². The van der Waals surface area contributed by atoms with Crippen molar-refractivity contribution in [2.24, 2.45) is 0 Å². The molecule has 0 spiro atoms. The number of nitrogens with one attached hydrogen (secondary N) is 1. The molecule has 1 aromatic heterocycles. The van der Waals surface area contributed by atoms with E-state index in [-0.39, 0.29) is 5.91 Å². The summed E-state index contributed by atoms with van der Waals surface area (Å²) in [6.45, 7) is 3.30. The van der Waals surface area contributed by atoms with Gasteiger partial charge in [-0.2, -0.15) is 5.10 Å². The Bertz CT molecular complexity index is 561. The van der Waals surface area contributed by atoms with Gasteiger partial charge in [-0.15, -0.1) is 0 Å². The van der Waals surface area contributed by atoms with Gasteiger partial charge in [-0.3, -0.25) is 9.48 Å². The van der Waals surface area contributed by atoms with E-state index in [0.717, 1.165) is 12.1 Å². The molecule has 1 heterocycles. The van der Waals surface area contributed by atoms with Crippen molar-refractivity contribution in [3.63, 3.8) is 0 Å². The third kappa shape index (κ3) is 3.68. The first-order chi connectivity index (χ1) is 9.72. The fraction of sp³-hybridized carbons (Fsp3) is 0.333. The molecule has 0 saturated heterocycles. The zero-order valence-corrected chi connectivity index (χ0v) is 11.8. The Kier molecular flexibility index (Phi) is 4.90. The lowest BCUT2D eigenvalue weighted by Crippen LogP contribution is -2.14. The first kappa shape index (κ1) is 14.3. The molecule has 0 fully saturated rings.